The van der Waals surface area contributed by atoms with Crippen LogP contribution in [0.25, 0.3) is 116 Å². The zero-order valence-electron chi connectivity index (χ0n) is 35.8. The number of hydrogen-bond acceptors (Lipinski definition) is 1. The molecule has 13 aromatic rings. The minimum absolute atomic E-state index is 0.653. The monoisotopic (exact) mass is 838 g/mol. The third kappa shape index (κ3) is 5.32. The van der Waals surface area contributed by atoms with Gasteiger partial charge in [-0.1, -0.05) is 133 Å². The Morgan fingerprint density at radius 3 is 1.71 bits per heavy atom. The van der Waals surface area contributed by atoms with Crippen molar-refractivity contribution in [3.8, 4) is 56.5 Å². The van der Waals surface area contributed by atoms with Gasteiger partial charge in [-0.2, -0.15) is 5.26 Å². The molecular formula is C62H38N4. The number of para-hydroxylation sites is 4. The Labute approximate surface area is 380 Å². The van der Waals surface area contributed by atoms with Crippen molar-refractivity contribution in [3.05, 3.63) is 235 Å². The van der Waals surface area contributed by atoms with E-state index in [0.717, 1.165) is 56.8 Å². The van der Waals surface area contributed by atoms with Gasteiger partial charge in [0.15, 0.2) is 0 Å². The molecule has 0 amide bonds. The molecule has 4 heteroatoms. The standard InChI is InChI=1S/C62H38N4/c63-38-39-25-27-40(28-26-39)41-14-12-15-42(31-41)44-33-47(36-48(34-44)65-56-22-9-7-20-51(56)55-37-54-45(35-60(55)65)32-43-13-4-5-18-49(43)54)64-58-24-11-8-21-53(58)61-59(64)30-29-52-50-19-6-10-23-57(50)66(62(52)61)46-16-2-1-3-17-46/h1-31,33-37H,32H2. The molecule has 0 unspecified atom stereocenters. The minimum Gasteiger partial charge on any atom is -0.309 e. The predicted molar refractivity (Wildman–Crippen MR) is 273 cm³/mol. The normalized spacial score (nSPS) is 12.2. The lowest BCUT2D eigenvalue weighted by molar-refractivity contribution is 1.13. The van der Waals surface area contributed by atoms with Crippen LogP contribution in [-0.4, -0.2) is 13.7 Å². The summed E-state index contributed by atoms with van der Waals surface area (Å²) >= 11 is 0. The zero-order chi connectivity index (χ0) is 43.5. The molecule has 1 aliphatic carbocycles. The lowest BCUT2D eigenvalue weighted by atomic mass is 9.97. The molecule has 14 rings (SSSR count). The van der Waals surface area contributed by atoms with Gasteiger partial charge in [0.05, 0.1) is 44.7 Å². The fourth-order valence-electron chi connectivity index (χ4n) is 11.1. The summed E-state index contributed by atoms with van der Waals surface area (Å²) in [7, 11) is 0. The largest absolute Gasteiger partial charge is 0.309 e. The van der Waals surface area contributed by atoms with Crippen molar-refractivity contribution in [1.29, 1.82) is 5.26 Å². The van der Waals surface area contributed by atoms with Crippen LogP contribution < -0.4 is 0 Å². The van der Waals surface area contributed by atoms with Gasteiger partial charge in [0.1, 0.15) is 0 Å². The van der Waals surface area contributed by atoms with E-state index < -0.39 is 0 Å². The molecule has 0 radical (unpaired) electrons. The zero-order valence-corrected chi connectivity index (χ0v) is 35.8. The van der Waals surface area contributed by atoms with Gasteiger partial charge in [0, 0.05) is 49.4 Å². The average Bonchev–Trinajstić information content (AvgIpc) is 4.12. The maximum absolute atomic E-state index is 9.55. The highest BCUT2D eigenvalue weighted by molar-refractivity contribution is 6.26. The number of fused-ring (bicyclic) bond motifs is 13. The lowest BCUT2D eigenvalue weighted by Gasteiger charge is -2.17. The molecule has 10 aromatic carbocycles. The SMILES string of the molecule is N#Cc1ccc(-c2cccc(-c3cc(-n4c5ccccc5c5cc6c(cc54)Cc4ccccc4-6)cc(-n4c5ccccc5c5c4ccc4c6ccccc6n(-c6ccccc6)c45)c3)c2)cc1. The van der Waals surface area contributed by atoms with E-state index in [2.05, 4.69) is 214 Å². The van der Waals surface area contributed by atoms with Crippen molar-refractivity contribution in [1.82, 2.24) is 13.7 Å². The minimum atomic E-state index is 0.653. The smallest absolute Gasteiger partial charge is 0.0991 e. The van der Waals surface area contributed by atoms with E-state index in [4.69, 9.17) is 0 Å². The van der Waals surface area contributed by atoms with Crippen LogP contribution in [0, 0.1) is 11.3 Å². The predicted octanol–water partition coefficient (Wildman–Crippen LogP) is 15.8. The van der Waals surface area contributed by atoms with Crippen LogP contribution >= 0.6 is 0 Å². The highest BCUT2D eigenvalue weighted by Crippen LogP contribution is 2.45. The van der Waals surface area contributed by atoms with Crippen molar-refractivity contribution >= 4 is 65.4 Å². The fraction of sp³-hybridized carbons (Fsp3) is 0.0161. The summed E-state index contributed by atoms with van der Waals surface area (Å²) in [5, 5.41) is 16.9. The van der Waals surface area contributed by atoms with E-state index in [9.17, 15) is 5.26 Å². The highest BCUT2D eigenvalue weighted by Gasteiger charge is 2.24. The molecule has 0 saturated carbocycles. The van der Waals surface area contributed by atoms with Gasteiger partial charge < -0.3 is 13.7 Å². The first-order chi connectivity index (χ1) is 32.7. The molecule has 0 atom stereocenters. The Morgan fingerprint density at radius 1 is 0.333 bits per heavy atom. The maximum Gasteiger partial charge on any atom is 0.0991 e. The number of nitrogens with zero attached hydrogens (tertiary/aromatic N) is 4. The summed E-state index contributed by atoms with van der Waals surface area (Å²) in [4.78, 5) is 0. The maximum atomic E-state index is 9.55. The number of nitriles is 1. The summed E-state index contributed by atoms with van der Waals surface area (Å²) in [5.41, 5.74) is 20.9. The molecule has 0 aliphatic heterocycles. The van der Waals surface area contributed by atoms with E-state index in [1.165, 1.54) is 76.6 Å². The van der Waals surface area contributed by atoms with Gasteiger partial charge in [0.25, 0.3) is 0 Å². The first kappa shape index (κ1) is 36.6. The van der Waals surface area contributed by atoms with Crippen molar-refractivity contribution in [3.63, 3.8) is 0 Å². The quantitative estimate of drug-likeness (QED) is 0.170. The Balaban J connectivity index is 1.08. The van der Waals surface area contributed by atoms with E-state index in [1.807, 2.05) is 24.3 Å². The third-order valence-electron chi connectivity index (χ3n) is 14.0. The molecular weight excluding hydrogens is 801 g/mol. The molecule has 3 heterocycles. The van der Waals surface area contributed by atoms with Crippen molar-refractivity contribution in [2.75, 3.05) is 0 Å². The number of aromatic nitrogens is 3. The summed E-state index contributed by atoms with van der Waals surface area (Å²) in [6.07, 6.45) is 0.923. The summed E-state index contributed by atoms with van der Waals surface area (Å²) in [6, 6.07) is 81.8. The first-order valence-corrected chi connectivity index (χ1v) is 22.6. The molecule has 0 bridgehead atoms. The van der Waals surface area contributed by atoms with Crippen molar-refractivity contribution < 1.29 is 0 Å². The Bertz CT molecular complexity index is 4190. The van der Waals surface area contributed by atoms with Gasteiger partial charge >= 0.3 is 0 Å². The van der Waals surface area contributed by atoms with E-state index in [0.29, 0.717) is 5.56 Å². The molecule has 0 N–H and O–H groups in total. The molecule has 1 aliphatic rings. The van der Waals surface area contributed by atoms with Crippen LogP contribution in [0.2, 0.25) is 0 Å². The lowest BCUT2D eigenvalue weighted by Crippen LogP contribution is -2.00. The number of hydrogen-bond donors (Lipinski definition) is 0. The van der Waals surface area contributed by atoms with Crippen LogP contribution in [0.5, 0.6) is 0 Å². The van der Waals surface area contributed by atoms with Crippen LogP contribution in [0.15, 0.2) is 218 Å². The van der Waals surface area contributed by atoms with Crippen LogP contribution in [-0.2, 0) is 6.42 Å². The second-order valence-electron chi connectivity index (χ2n) is 17.6. The Kier molecular flexibility index (Phi) is 7.78. The van der Waals surface area contributed by atoms with Gasteiger partial charge in [-0.05, 0) is 136 Å². The second kappa shape index (κ2) is 14.0. The first-order valence-electron chi connectivity index (χ1n) is 22.6. The molecule has 3 aromatic heterocycles. The molecule has 66 heavy (non-hydrogen) atoms. The van der Waals surface area contributed by atoms with Gasteiger partial charge in [-0.25, -0.2) is 0 Å². The second-order valence-corrected chi connectivity index (χ2v) is 17.6. The molecule has 0 spiro atoms. The average molecular weight is 839 g/mol. The summed E-state index contributed by atoms with van der Waals surface area (Å²) < 4.78 is 7.43. The number of benzene rings is 10. The summed E-state index contributed by atoms with van der Waals surface area (Å²) in [5.74, 6) is 0. The topological polar surface area (TPSA) is 38.6 Å². The van der Waals surface area contributed by atoms with E-state index in [1.54, 1.807) is 0 Å². The van der Waals surface area contributed by atoms with Gasteiger partial charge in [-0.15, -0.1) is 0 Å². The van der Waals surface area contributed by atoms with Crippen LogP contribution in [0.1, 0.15) is 16.7 Å². The third-order valence-corrected chi connectivity index (χ3v) is 14.0. The molecule has 306 valence electrons. The van der Waals surface area contributed by atoms with Gasteiger partial charge in [-0.3, -0.25) is 0 Å². The Hall–Kier alpha value is -8.91. The molecule has 0 fully saturated rings. The highest BCUT2D eigenvalue weighted by atomic mass is 15.0. The van der Waals surface area contributed by atoms with E-state index >= 15 is 0 Å². The van der Waals surface area contributed by atoms with Crippen LogP contribution in [0.4, 0.5) is 0 Å². The van der Waals surface area contributed by atoms with Crippen LogP contribution in [0.3, 0.4) is 0 Å². The summed E-state index contributed by atoms with van der Waals surface area (Å²) in [6.45, 7) is 0. The van der Waals surface area contributed by atoms with E-state index in [-0.39, 0.29) is 0 Å². The van der Waals surface area contributed by atoms with Gasteiger partial charge in [0.2, 0.25) is 0 Å². The van der Waals surface area contributed by atoms with Crippen molar-refractivity contribution in [2.45, 2.75) is 6.42 Å². The Morgan fingerprint density at radius 2 is 0.955 bits per heavy atom. The molecule has 4 nitrogen and oxygen atoms in total. The molecule has 0 saturated heterocycles. The fourth-order valence-corrected chi connectivity index (χ4v) is 11.1. The number of rotatable bonds is 5. The van der Waals surface area contributed by atoms with Crippen molar-refractivity contribution in [2.24, 2.45) is 0 Å².